The summed E-state index contributed by atoms with van der Waals surface area (Å²) < 4.78 is 86.9. The summed E-state index contributed by atoms with van der Waals surface area (Å²) in [5.41, 5.74) is -0.0467. The molecule has 0 spiro atoms. The average molecular weight is 546 g/mol. The number of halogens is 6. The van der Waals surface area contributed by atoms with Crippen LogP contribution in [0, 0.1) is 17.8 Å². The number of ether oxygens (including phenoxy) is 1. The van der Waals surface area contributed by atoms with Gasteiger partial charge in [-0.15, -0.1) is 0 Å². The Balaban J connectivity index is 1.44. The van der Waals surface area contributed by atoms with Crippen molar-refractivity contribution in [3.05, 3.63) is 41.5 Å². The minimum Gasteiger partial charge on any atom is -0.490 e. The second-order valence-corrected chi connectivity index (χ2v) is 10.9. The third-order valence-electron chi connectivity index (χ3n) is 7.98. The monoisotopic (exact) mass is 545 g/mol. The highest BCUT2D eigenvalue weighted by Gasteiger charge is 2.42. The second-order valence-electron chi connectivity index (χ2n) is 10.9. The minimum atomic E-state index is -4.69. The summed E-state index contributed by atoms with van der Waals surface area (Å²) in [6.07, 6.45) is -6.85. The molecule has 2 aliphatic carbocycles. The van der Waals surface area contributed by atoms with Crippen molar-refractivity contribution in [2.45, 2.75) is 76.4 Å². The smallest absolute Gasteiger partial charge is 0.420 e. The molecule has 1 N–H and O–H groups in total. The highest BCUT2D eigenvalue weighted by Crippen LogP contribution is 2.44. The van der Waals surface area contributed by atoms with E-state index in [1.165, 1.54) is 12.1 Å². The van der Waals surface area contributed by atoms with Crippen LogP contribution in [0.5, 0.6) is 5.75 Å². The van der Waals surface area contributed by atoms with Crippen molar-refractivity contribution in [2.24, 2.45) is 17.8 Å². The first-order chi connectivity index (χ1) is 17.8. The zero-order valence-electron chi connectivity index (χ0n) is 21.2. The molecule has 0 saturated heterocycles. The van der Waals surface area contributed by atoms with E-state index in [9.17, 15) is 31.1 Å². The number of carboxylic acid groups (broad SMARTS) is 1. The van der Waals surface area contributed by atoms with Gasteiger partial charge in [0, 0.05) is 13.1 Å². The van der Waals surface area contributed by atoms with Gasteiger partial charge >= 0.3 is 18.3 Å². The summed E-state index contributed by atoms with van der Waals surface area (Å²) in [6.45, 7) is 1.32. The zero-order valence-corrected chi connectivity index (χ0v) is 21.2. The van der Waals surface area contributed by atoms with Crippen LogP contribution in [-0.4, -0.2) is 41.8 Å². The van der Waals surface area contributed by atoms with Gasteiger partial charge in [-0.3, -0.25) is 4.79 Å². The van der Waals surface area contributed by atoms with Crippen LogP contribution in [0.4, 0.5) is 26.3 Å². The molecule has 0 unspecified atom stereocenters. The Labute approximate surface area is 217 Å². The van der Waals surface area contributed by atoms with Gasteiger partial charge in [-0.25, -0.2) is 0 Å². The minimum absolute atomic E-state index is 0.00243. The van der Waals surface area contributed by atoms with E-state index in [2.05, 4.69) is 4.90 Å². The molecule has 2 saturated carbocycles. The Kier molecular flexibility index (Phi) is 8.49. The van der Waals surface area contributed by atoms with E-state index < -0.39 is 35.9 Å². The largest absolute Gasteiger partial charge is 0.490 e. The van der Waals surface area contributed by atoms with Crippen LogP contribution in [0.1, 0.15) is 62.5 Å². The number of benzene rings is 2. The summed E-state index contributed by atoms with van der Waals surface area (Å²) in [4.78, 5) is 13.3. The lowest BCUT2D eigenvalue weighted by Crippen LogP contribution is -2.32. The summed E-state index contributed by atoms with van der Waals surface area (Å²) in [5.74, 6) is -2.41. The first-order valence-electron chi connectivity index (χ1n) is 13.1. The van der Waals surface area contributed by atoms with Crippen molar-refractivity contribution in [3.63, 3.8) is 0 Å². The van der Waals surface area contributed by atoms with Gasteiger partial charge in [0.2, 0.25) is 0 Å². The van der Waals surface area contributed by atoms with Gasteiger partial charge in [0.15, 0.2) is 0 Å². The van der Waals surface area contributed by atoms with Gasteiger partial charge in [-0.2, -0.15) is 26.3 Å². The molecule has 4 rings (SSSR count). The van der Waals surface area contributed by atoms with E-state index in [1.54, 1.807) is 18.2 Å². The lowest BCUT2D eigenvalue weighted by atomic mass is 9.82. The number of alkyl halides is 6. The Bertz CT molecular complexity index is 1120. The SMILES string of the molecule is CN(Cc1ccc2c(C(F)(F)F)c(O[C@H]3CC[C@@H](C(F)(F)F)CC3)ccc2c1)C[C@H]1CC[C@H](C(=O)O)CC1. The number of nitrogens with zero attached hydrogens (tertiary/aromatic N) is 1. The Morgan fingerprint density at radius 1 is 0.947 bits per heavy atom. The molecule has 2 aromatic carbocycles. The summed E-state index contributed by atoms with van der Waals surface area (Å²) in [7, 11) is 1.94. The maximum Gasteiger partial charge on any atom is 0.420 e. The fourth-order valence-electron chi connectivity index (χ4n) is 5.94. The van der Waals surface area contributed by atoms with Crippen molar-refractivity contribution in [2.75, 3.05) is 13.6 Å². The van der Waals surface area contributed by atoms with E-state index in [0.29, 0.717) is 30.7 Å². The first-order valence-corrected chi connectivity index (χ1v) is 13.1. The molecule has 210 valence electrons. The molecule has 10 heteroatoms. The molecule has 0 aromatic heterocycles. The van der Waals surface area contributed by atoms with E-state index in [4.69, 9.17) is 9.84 Å². The van der Waals surface area contributed by atoms with Crippen molar-refractivity contribution in [3.8, 4) is 5.75 Å². The Hall–Kier alpha value is -2.49. The number of carbonyl (C=O) groups is 1. The molecule has 0 amide bonds. The maximum absolute atomic E-state index is 14.1. The molecule has 4 nitrogen and oxygen atoms in total. The van der Waals surface area contributed by atoms with Crippen molar-refractivity contribution in [1.82, 2.24) is 4.90 Å². The number of hydrogen-bond acceptors (Lipinski definition) is 3. The average Bonchev–Trinajstić information content (AvgIpc) is 2.83. The van der Waals surface area contributed by atoms with Crippen molar-refractivity contribution < 1.29 is 41.0 Å². The fraction of sp³-hybridized carbons (Fsp3) is 0.607. The summed E-state index contributed by atoms with van der Waals surface area (Å²) in [6, 6.07) is 7.66. The third kappa shape index (κ3) is 6.93. The van der Waals surface area contributed by atoms with E-state index in [-0.39, 0.29) is 42.7 Å². The summed E-state index contributed by atoms with van der Waals surface area (Å²) in [5, 5.41) is 9.58. The van der Waals surface area contributed by atoms with Crippen LogP contribution in [0.2, 0.25) is 0 Å². The Morgan fingerprint density at radius 3 is 2.18 bits per heavy atom. The topological polar surface area (TPSA) is 49.8 Å². The van der Waals surface area contributed by atoms with Crippen LogP contribution in [0.3, 0.4) is 0 Å². The molecular formula is C28H33F6NO3. The second kappa shape index (κ2) is 11.3. The van der Waals surface area contributed by atoms with E-state index in [0.717, 1.165) is 24.9 Å². The summed E-state index contributed by atoms with van der Waals surface area (Å²) >= 11 is 0. The molecule has 2 fully saturated rings. The lowest BCUT2D eigenvalue weighted by molar-refractivity contribution is -0.185. The van der Waals surface area contributed by atoms with Gasteiger partial charge in [0.1, 0.15) is 11.3 Å². The molecular weight excluding hydrogens is 512 g/mol. The van der Waals surface area contributed by atoms with Crippen LogP contribution in [-0.2, 0) is 17.5 Å². The molecule has 2 aromatic rings. The number of hydrogen-bond donors (Lipinski definition) is 1. The van der Waals surface area contributed by atoms with E-state index >= 15 is 0 Å². The standard InChI is InChI=1S/C28H33F6NO3/c1-35(15-17-2-5-19(6-3-17)26(36)37)16-18-4-12-23-20(14-18)7-13-24(25(23)28(32,33)34)38-22-10-8-21(9-11-22)27(29,30)31/h4,7,12-14,17,19,21-22H,2-3,5-6,8-11,15-16H2,1H3,(H,36,37)/t17-,19-,21-,22+. The molecule has 2 aliphatic rings. The molecule has 0 atom stereocenters. The Morgan fingerprint density at radius 2 is 1.61 bits per heavy atom. The predicted octanol–water partition coefficient (Wildman–Crippen LogP) is 7.68. The highest BCUT2D eigenvalue weighted by atomic mass is 19.4. The molecule has 38 heavy (non-hydrogen) atoms. The van der Waals surface area contributed by atoms with Crippen LogP contribution in [0.25, 0.3) is 10.8 Å². The predicted molar refractivity (Wildman–Crippen MR) is 131 cm³/mol. The first kappa shape index (κ1) is 28.5. The normalized spacial score (nSPS) is 25.1. The fourth-order valence-corrected chi connectivity index (χ4v) is 5.94. The lowest BCUT2D eigenvalue weighted by Gasteiger charge is -2.31. The molecule has 0 radical (unpaired) electrons. The molecule has 0 bridgehead atoms. The molecule has 0 aliphatic heterocycles. The van der Waals surface area contributed by atoms with Crippen LogP contribution >= 0.6 is 0 Å². The quantitative estimate of drug-likeness (QED) is 0.363. The number of aliphatic carboxylic acids is 1. The van der Waals surface area contributed by atoms with Gasteiger partial charge in [-0.1, -0.05) is 18.2 Å². The van der Waals surface area contributed by atoms with Gasteiger partial charge in [0.25, 0.3) is 0 Å². The van der Waals surface area contributed by atoms with Gasteiger partial charge < -0.3 is 14.7 Å². The number of fused-ring (bicyclic) bond motifs is 1. The highest BCUT2D eigenvalue weighted by molar-refractivity contribution is 5.89. The van der Waals surface area contributed by atoms with Crippen molar-refractivity contribution >= 4 is 16.7 Å². The zero-order chi connectivity index (χ0) is 27.7. The number of carboxylic acids is 1. The maximum atomic E-state index is 14.1. The van der Waals surface area contributed by atoms with E-state index in [1.807, 2.05) is 7.05 Å². The van der Waals surface area contributed by atoms with Crippen molar-refractivity contribution in [1.29, 1.82) is 0 Å². The molecule has 0 heterocycles. The van der Waals surface area contributed by atoms with Crippen LogP contribution < -0.4 is 4.74 Å². The third-order valence-corrected chi connectivity index (χ3v) is 7.98. The number of rotatable bonds is 7. The van der Waals surface area contributed by atoms with Gasteiger partial charge in [-0.05, 0) is 92.8 Å². The van der Waals surface area contributed by atoms with Gasteiger partial charge in [0.05, 0.1) is 17.9 Å². The van der Waals surface area contributed by atoms with Crippen LogP contribution in [0.15, 0.2) is 30.3 Å².